The van der Waals surface area contributed by atoms with Gasteiger partial charge in [0, 0.05) is 24.3 Å². The first-order valence-electron chi connectivity index (χ1n) is 11.7. The number of carboxylic acid groups (broad SMARTS) is 2. The van der Waals surface area contributed by atoms with E-state index in [1.54, 1.807) is 38.2 Å². The molecule has 4 rings (SSSR count). The first-order chi connectivity index (χ1) is 17.5. The maximum atomic E-state index is 13.3. The third-order valence-corrected chi connectivity index (χ3v) is 7.39. The Labute approximate surface area is 218 Å². The molecule has 1 saturated heterocycles. The number of aromatic carboxylic acids is 1. The monoisotopic (exact) mass is 522 g/mol. The number of carbonyl (C=O) groups is 2. The summed E-state index contributed by atoms with van der Waals surface area (Å²) in [6, 6.07) is 9.68. The SMILES string of the molecule is C#CCN(Cc1cc2c(=O)n(C)c(CN3CCC[C@@]3(C)C(=O)O)nc2cc1Cl)c1ccc(C(=O)O)cc1. The number of rotatable bonds is 8. The molecule has 3 aromatic rings. The van der Waals surface area contributed by atoms with E-state index in [2.05, 4.69) is 10.9 Å². The molecule has 1 aliphatic rings. The molecule has 10 heteroatoms. The van der Waals surface area contributed by atoms with E-state index < -0.39 is 17.5 Å². The topological polar surface area (TPSA) is 116 Å². The van der Waals surface area contributed by atoms with Gasteiger partial charge in [0.1, 0.15) is 11.4 Å². The molecule has 1 aromatic heterocycles. The molecule has 9 nitrogen and oxygen atoms in total. The molecule has 2 heterocycles. The number of hydrogen-bond donors (Lipinski definition) is 2. The van der Waals surface area contributed by atoms with Gasteiger partial charge >= 0.3 is 11.9 Å². The maximum absolute atomic E-state index is 13.3. The molecule has 37 heavy (non-hydrogen) atoms. The van der Waals surface area contributed by atoms with Gasteiger partial charge in [-0.2, -0.15) is 0 Å². The Kier molecular flexibility index (Phi) is 7.25. The summed E-state index contributed by atoms with van der Waals surface area (Å²) in [5, 5.41) is 19.7. The van der Waals surface area contributed by atoms with Gasteiger partial charge < -0.3 is 15.1 Å². The zero-order valence-electron chi connectivity index (χ0n) is 20.6. The van der Waals surface area contributed by atoms with Gasteiger partial charge in [-0.05, 0) is 68.3 Å². The molecule has 0 aliphatic carbocycles. The van der Waals surface area contributed by atoms with Crippen molar-refractivity contribution < 1.29 is 19.8 Å². The van der Waals surface area contributed by atoms with Gasteiger partial charge in [0.2, 0.25) is 0 Å². The van der Waals surface area contributed by atoms with Crippen molar-refractivity contribution in [1.82, 2.24) is 14.5 Å². The van der Waals surface area contributed by atoms with Gasteiger partial charge in [0.15, 0.2) is 0 Å². The highest BCUT2D eigenvalue weighted by Gasteiger charge is 2.43. The van der Waals surface area contributed by atoms with Crippen LogP contribution in [0.4, 0.5) is 5.69 Å². The van der Waals surface area contributed by atoms with E-state index in [9.17, 15) is 19.5 Å². The normalized spacial score (nSPS) is 17.6. The molecule has 0 amide bonds. The number of aromatic nitrogens is 2. The van der Waals surface area contributed by atoms with Gasteiger partial charge in [0.05, 0.1) is 29.6 Å². The first-order valence-corrected chi connectivity index (χ1v) is 12.1. The van der Waals surface area contributed by atoms with Crippen LogP contribution in [-0.4, -0.2) is 55.2 Å². The van der Waals surface area contributed by atoms with Gasteiger partial charge in [-0.15, -0.1) is 6.42 Å². The number of terminal acetylenes is 1. The van der Waals surface area contributed by atoms with Crippen molar-refractivity contribution in [2.24, 2.45) is 7.05 Å². The average Bonchev–Trinajstić information content (AvgIpc) is 3.24. The molecule has 1 fully saturated rings. The minimum absolute atomic E-state index is 0.163. The number of benzene rings is 2. The molecule has 2 aromatic carbocycles. The van der Waals surface area contributed by atoms with Crippen LogP contribution in [0.3, 0.4) is 0 Å². The van der Waals surface area contributed by atoms with Crippen LogP contribution in [0.25, 0.3) is 10.9 Å². The Morgan fingerprint density at radius 1 is 1.24 bits per heavy atom. The summed E-state index contributed by atoms with van der Waals surface area (Å²) in [7, 11) is 1.63. The Balaban J connectivity index is 1.68. The lowest BCUT2D eigenvalue weighted by Crippen LogP contribution is -2.48. The highest BCUT2D eigenvalue weighted by atomic mass is 35.5. The van der Waals surface area contributed by atoms with Crippen molar-refractivity contribution in [1.29, 1.82) is 0 Å². The molecule has 192 valence electrons. The van der Waals surface area contributed by atoms with E-state index in [4.69, 9.17) is 23.1 Å². The average molecular weight is 523 g/mol. The van der Waals surface area contributed by atoms with Crippen molar-refractivity contribution in [2.45, 2.75) is 38.4 Å². The number of aliphatic carboxylic acids is 1. The number of carboxylic acids is 2. The minimum Gasteiger partial charge on any atom is -0.480 e. The van der Waals surface area contributed by atoms with Crippen LogP contribution < -0.4 is 10.5 Å². The van der Waals surface area contributed by atoms with Crippen molar-refractivity contribution >= 4 is 40.1 Å². The van der Waals surface area contributed by atoms with Crippen molar-refractivity contribution in [3.8, 4) is 12.3 Å². The number of likely N-dealkylation sites (tertiary alicyclic amines) is 1. The fraction of sp³-hybridized carbons (Fsp3) is 0.333. The zero-order valence-corrected chi connectivity index (χ0v) is 21.3. The standard InChI is InChI=1S/C27H27ClN4O5/c1-4-11-31(19-8-6-17(7-9-19)25(34)35)15-18-13-20-22(14-21(18)28)29-23(30(3)24(20)33)16-32-12-5-10-27(32,2)26(36)37/h1,6-9,13-14H,5,10-12,15-16H2,2-3H3,(H,34,35)(H,36,37)/t27-/m0/s1. The summed E-state index contributed by atoms with van der Waals surface area (Å²) in [4.78, 5) is 44.7. The second kappa shape index (κ2) is 10.2. The highest BCUT2D eigenvalue weighted by molar-refractivity contribution is 6.32. The van der Waals surface area contributed by atoms with Crippen molar-refractivity contribution in [3.05, 3.63) is 68.7 Å². The Hall–Kier alpha value is -3.87. The summed E-state index contributed by atoms with van der Waals surface area (Å²) in [5.74, 6) is 1.15. The highest BCUT2D eigenvalue weighted by Crippen LogP contribution is 2.31. The zero-order chi connectivity index (χ0) is 26.9. The first kappa shape index (κ1) is 26.2. The largest absolute Gasteiger partial charge is 0.480 e. The number of anilines is 1. The van der Waals surface area contributed by atoms with Crippen LogP contribution in [-0.2, 0) is 24.9 Å². The van der Waals surface area contributed by atoms with Crippen LogP contribution in [0.1, 0.15) is 41.5 Å². The maximum Gasteiger partial charge on any atom is 0.335 e. The molecular weight excluding hydrogens is 496 g/mol. The number of nitrogens with zero attached hydrogens (tertiary/aromatic N) is 4. The van der Waals surface area contributed by atoms with Gasteiger partial charge in [-0.1, -0.05) is 17.5 Å². The van der Waals surface area contributed by atoms with Crippen LogP contribution in [0.5, 0.6) is 0 Å². The molecule has 0 unspecified atom stereocenters. The van der Waals surface area contributed by atoms with Crippen LogP contribution >= 0.6 is 11.6 Å². The molecule has 0 spiro atoms. The number of fused-ring (bicyclic) bond motifs is 1. The van der Waals surface area contributed by atoms with Gasteiger partial charge in [-0.25, -0.2) is 9.78 Å². The van der Waals surface area contributed by atoms with Gasteiger partial charge in [-0.3, -0.25) is 19.1 Å². The van der Waals surface area contributed by atoms with Crippen molar-refractivity contribution in [3.63, 3.8) is 0 Å². The van der Waals surface area contributed by atoms with Crippen LogP contribution in [0.15, 0.2) is 41.2 Å². The lowest BCUT2D eigenvalue weighted by Gasteiger charge is -2.31. The van der Waals surface area contributed by atoms with E-state index in [-0.39, 0.29) is 24.2 Å². The molecule has 0 bridgehead atoms. The van der Waals surface area contributed by atoms with E-state index >= 15 is 0 Å². The van der Waals surface area contributed by atoms with Crippen LogP contribution in [0.2, 0.25) is 5.02 Å². The van der Waals surface area contributed by atoms with E-state index in [1.807, 2.05) is 9.80 Å². The summed E-state index contributed by atoms with van der Waals surface area (Å²) in [6.07, 6.45) is 6.86. The number of hydrogen-bond acceptors (Lipinski definition) is 6. The molecule has 2 N–H and O–H groups in total. The Morgan fingerprint density at radius 3 is 2.57 bits per heavy atom. The van der Waals surface area contributed by atoms with E-state index in [0.29, 0.717) is 52.5 Å². The third-order valence-electron chi connectivity index (χ3n) is 7.04. The predicted molar refractivity (Wildman–Crippen MR) is 141 cm³/mol. The second-order valence-corrected chi connectivity index (χ2v) is 9.78. The fourth-order valence-electron chi connectivity index (χ4n) is 4.70. The van der Waals surface area contributed by atoms with E-state index in [1.165, 1.54) is 16.7 Å². The third kappa shape index (κ3) is 5.03. The second-order valence-electron chi connectivity index (χ2n) is 9.37. The Bertz CT molecular complexity index is 1480. The molecule has 0 saturated carbocycles. The fourth-order valence-corrected chi connectivity index (χ4v) is 4.92. The molecular formula is C27H27ClN4O5. The lowest BCUT2D eigenvalue weighted by molar-refractivity contribution is -0.149. The van der Waals surface area contributed by atoms with Gasteiger partial charge in [0.25, 0.3) is 5.56 Å². The summed E-state index contributed by atoms with van der Waals surface area (Å²) in [5.41, 5.74) is 0.707. The minimum atomic E-state index is -1.02. The molecule has 1 aliphatic heterocycles. The summed E-state index contributed by atoms with van der Waals surface area (Å²) < 4.78 is 1.45. The quantitative estimate of drug-likeness (QED) is 0.433. The number of halogens is 1. The lowest BCUT2D eigenvalue weighted by atomic mass is 9.99. The summed E-state index contributed by atoms with van der Waals surface area (Å²) in [6.45, 7) is 3.07. The van der Waals surface area contributed by atoms with E-state index in [0.717, 1.165) is 6.42 Å². The molecule has 1 atom stereocenters. The van der Waals surface area contributed by atoms with Crippen LogP contribution in [0, 0.1) is 12.3 Å². The summed E-state index contributed by atoms with van der Waals surface area (Å²) >= 11 is 6.61. The van der Waals surface area contributed by atoms with Crippen molar-refractivity contribution in [2.75, 3.05) is 18.0 Å². The Morgan fingerprint density at radius 2 is 1.95 bits per heavy atom. The smallest absolute Gasteiger partial charge is 0.335 e. The molecule has 0 radical (unpaired) electrons. The predicted octanol–water partition coefficient (Wildman–Crippen LogP) is 3.36.